The topological polar surface area (TPSA) is 104 Å². The standard InChI is InChI=1S/C22H22FN3O4/c1-4-15-18(26-21(28)20(15)23)11-30-22-17-8-19(29-3)14(9-24)7-16(17)13(10-25-22)6-5-12(2)27/h7-8,10,12,15,18,20,27H,4,11H2,1-3H3,(H,26,28)/t12-,15-,18+,20-/m0/s1. The molecule has 0 saturated carbocycles. The number of nitrogens with one attached hydrogen (secondary N) is 1. The van der Waals surface area contributed by atoms with E-state index in [9.17, 15) is 19.6 Å². The number of hydrogen-bond acceptors (Lipinski definition) is 6. The van der Waals surface area contributed by atoms with Crippen molar-refractivity contribution >= 4 is 16.7 Å². The number of benzene rings is 1. The molecule has 2 heterocycles. The molecule has 2 N–H and O–H groups in total. The first-order valence-corrected chi connectivity index (χ1v) is 9.57. The first kappa shape index (κ1) is 21.4. The van der Waals surface area contributed by atoms with Crippen molar-refractivity contribution in [3.8, 4) is 29.5 Å². The minimum absolute atomic E-state index is 0.0494. The molecule has 1 fully saturated rings. The van der Waals surface area contributed by atoms with E-state index in [0.717, 1.165) is 0 Å². The largest absolute Gasteiger partial charge is 0.495 e. The van der Waals surface area contributed by atoms with Crippen LogP contribution in [0.5, 0.6) is 11.6 Å². The number of rotatable bonds is 5. The number of amides is 1. The third-order valence-electron chi connectivity index (χ3n) is 5.05. The van der Waals surface area contributed by atoms with E-state index >= 15 is 0 Å². The van der Waals surface area contributed by atoms with Crippen molar-refractivity contribution in [3.63, 3.8) is 0 Å². The second kappa shape index (κ2) is 8.98. The van der Waals surface area contributed by atoms with E-state index in [1.807, 2.05) is 6.92 Å². The van der Waals surface area contributed by atoms with Gasteiger partial charge in [-0.25, -0.2) is 9.37 Å². The van der Waals surface area contributed by atoms with E-state index in [1.54, 1.807) is 19.1 Å². The van der Waals surface area contributed by atoms with Crippen LogP contribution in [0.25, 0.3) is 10.8 Å². The monoisotopic (exact) mass is 411 g/mol. The van der Waals surface area contributed by atoms with Gasteiger partial charge in [0.2, 0.25) is 5.88 Å². The SMILES string of the molecule is CC[C@@H]1[C@H](F)C(=O)N[C@@H]1COc1ncc(C#C[C@H](C)O)c2cc(C#N)c(OC)cc12. The Kier molecular flexibility index (Phi) is 6.39. The smallest absolute Gasteiger partial charge is 0.255 e. The summed E-state index contributed by atoms with van der Waals surface area (Å²) < 4.78 is 25.2. The average Bonchev–Trinajstić information content (AvgIpc) is 3.02. The van der Waals surface area contributed by atoms with Crippen LogP contribution in [0.1, 0.15) is 31.4 Å². The van der Waals surface area contributed by atoms with E-state index in [4.69, 9.17) is 9.47 Å². The lowest BCUT2D eigenvalue weighted by Crippen LogP contribution is -2.34. The van der Waals surface area contributed by atoms with Crippen LogP contribution in [0.15, 0.2) is 18.3 Å². The number of methoxy groups -OCH3 is 1. The van der Waals surface area contributed by atoms with Crippen LogP contribution < -0.4 is 14.8 Å². The van der Waals surface area contributed by atoms with Gasteiger partial charge in [0, 0.05) is 22.9 Å². The Morgan fingerprint density at radius 1 is 1.37 bits per heavy atom. The molecule has 1 aliphatic heterocycles. The number of fused-ring (bicyclic) bond motifs is 1. The molecule has 1 saturated heterocycles. The molecule has 156 valence electrons. The molecule has 1 aromatic heterocycles. The normalized spacial score (nSPS) is 21.3. The Hall–Kier alpha value is -3.36. The van der Waals surface area contributed by atoms with Crippen LogP contribution in [0, 0.1) is 29.1 Å². The number of aromatic nitrogens is 1. The molecule has 1 amide bonds. The van der Waals surface area contributed by atoms with E-state index < -0.39 is 30.1 Å². The van der Waals surface area contributed by atoms with Crippen molar-refractivity contribution < 1.29 is 23.8 Å². The van der Waals surface area contributed by atoms with Crippen molar-refractivity contribution in [2.45, 2.75) is 38.6 Å². The van der Waals surface area contributed by atoms with Crippen LogP contribution >= 0.6 is 0 Å². The number of halogens is 1. The highest BCUT2D eigenvalue weighted by Crippen LogP contribution is 2.33. The van der Waals surface area contributed by atoms with Gasteiger partial charge < -0.3 is 19.9 Å². The molecule has 2 aromatic rings. The Morgan fingerprint density at radius 2 is 2.13 bits per heavy atom. The minimum atomic E-state index is -1.55. The zero-order chi connectivity index (χ0) is 21.8. The molecule has 0 radical (unpaired) electrons. The Morgan fingerprint density at radius 3 is 2.77 bits per heavy atom. The molecule has 4 atom stereocenters. The lowest BCUT2D eigenvalue weighted by molar-refractivity contribution is -0.123. The van der Waals surface area contributed by atoms with Gasteiger partial charge in [0.1, 0.15) is 24.5 Å². The summed E-state index contributed by atoms with van der Waals surface area (Å²) in [5, 5.41) is 22.7. The van der Waals surface area contributed by atoms with Crippen LogP contribution in [-0.2, 0) is 4.79 Å². The summed E-state index contributed by atoms with van der Waals surface area (Å²) in [7, 11) is 1.45. The summed E-state index contributed by atoms with van der Waals surface area (Å²) in [6.45, 7) is 3.41. The minimum Gasteiger partial charge on any atom is -0.495 e. The molecule has 7 nitrogen and oxygen atoms in total. The van der Waals surface area contributed by atoms with Crippen molar-refractivity contribution in [2.24, 2.45) is 5.92 Å². The second-order valence-corrected chi connectivity index (χ2v) is 7.03. The zero-order valence-electron chi connectivity index (χ0n) is 16.9. The Labute approximate surface area is 173 Å². The predicted octanol–water partition coefficient (Wildman–Crippen LogP) is 2.09. The number of aliphatic hydroxyl groups excluding tert-OH is 1. The fourth-order valence-electron chi connectivity index (χ4n) is 3.49. The fourth-order valence-corrected chi connectivity index (χ4v) is 3.49. The van der Waals surface area contributed by atoms with Crippen molar-refractivity contribution in [3.05, 3.63) is 29.5 Å². The third-order valence-corrected chi connectivity index (χ3v) is 5.05. The van der Waals surface area contributed by atoms with Crippen molar-refractivity contribution in [1.29, 1.82) is 5.26 Å². The lowest BCUT2D eigenvalue weighted by atomic mass is 9.97. The number of carbonyl (C=O) groups is 1. The van der Waals surface area contributed by atoms with Crippen molar-refractivity contribution in [2.75, 3.05) is 13.7 Å². The number of pyridine rings is 1. The van der Waals surface area contributed by atoms with Crippen LogP contribution in [0.2, 0.25) is 0 Å². The molecule has 1 aromatic carbocycles. The first-order chi connectivity index (χ1) is 14.4. The highest BCUT2D eigenvalue weighted by molar-refractivity contribution is 5.94. The molecular formula is C22H22FN3O4. The van der Waals surface area contributed by atoms with Gasteiger partial charge in [-0.3, -0.25) is 4.79 Å². The zero-order valence-corrected chi connectivity index (χ0v) is 16.9. The summed E-state index contributed by atoms with van der Waals surface area (Å²) in [5.74, 6) is 5.01. The number of alkyl halides is 1. The van der Waals surface area contributed by atoms with Crippen LogP contribution in [0.3, 0.4) is 0 Å². The number of ether oxygens (including phenoxy) is 2. The van der Waals surface area contributed by atoms with Crippen LogP contribution in [-0.4, -0.2) is 48.0 Å². The summed E-state index contributed by atoms with van der Waals surface area (Å²) >= 11 is 0. The molecule has 0 spiro atoms. The number of hydrogen-bond donors (Lipinski definition) is 2. The highest BCUT2D eigenvalue weighted by Gasteiger charge is 2.41. The fraction of sp³-hybridized carbons (Fsp3) is 0.409. The molecule has 30 heavy (non-hydrogen) atoms. The Balaban J connectivity index is 2.01. The number of aliphatic hydroxyl groups is 1. The molecule has 3 rings (SSSR count). The summed E-state index contributed by atoms with van der Waals surface area (Å²) in [5.41, 5.74) is 0.832. The molecule has 0 bridgehead atoms. The van der Waals surface area contributed by atoms with Gasteiger partial charge in [-0.1, -0.05) is 18.8 Å². The summed E-state index contributed by atoms with van der Waals surface area (Å²) in [4.78, 5) is 16.0. The van der Waals surface area contributed by atoms with E-state index in [0.29, 0.717) is 34.1 Å². The van der Waals surface area contributed by atoms with Gasteiger partial charge >= 0.3 is 0 Å². The highest BCUT2D eigenvalue weighted by atomic mass is 19.1. The molecule has 8 heteroatoms. The van der Waals surface area contributed by atoms with E-state index in [-0.39, 0.29) is 12.5 Å². The van der Waals surface area contributed by atoms with Gasteiger partial charge in [0.05, 0.1) is 24.3 Å². The lowest BCUT2D eigenvalue weighted by Gasteiger charge is -2.19. The summed E-state index contributed by atoms with van der Waals surface area (Å²) in [6, 6.07) is 4.86. The quantitative estimate of drug-likeness (QED) is 0.730. The molecular weight excluding hydrogens is 389 g/mol. The average molecular weight is 411 g/mol. The maximum Gasteiger partial charge on any atom is 0.255 e. The first-order valence-electron chi connectivity index (χ1n) is 9.57. The molecule has 1 aliphatic rings. The molecule has 0 aliphatic carbocycles. The van der Waals surface area contributed by atoms with Crippen LogP contribution in [0.4, 0.5) is 4.39 Å². The third kappa shape index (κ3) is 4.14. The van der Waals surface area contributed by atoms with E-state index in [1.165, 1.54) is 13.3 Å². The number of nitriles is 1. The number of carbonyl (C=O) groups excluding carboxylic acids is 1. The van der Waals surface area contributed by atoms with Gasteiger partial charge in [0.25, 0.3) is 5.91 Å². The molecule has 0 unspecified atom stereocenters. The van der Waals surface area contributed by atoms with Gasteiger partial charge in [0.15, 0.2) is 6.17 Å². The number of nitrogens with zero attached hydrogens (tertiary/aromatic N) is 2. The summed E-state index contributed by atoms with van der Waals surface area (Å²) in [6.07, 6.45) is -0.390. The second-order valence-electron chi connectivity index (χ2n) is 7.03. The van der Waals surface area contributed by atoms with E-state index in [2.05, 4.69) is 28.2 Å². The van der Waals surface area contributed by atoms with Crippen molar-refractivity contribution in [1.82, 2.24) is 10.3 Å². The van der Waals surface area contributed by atoms with Gasteiger partial charge in [-0.05, 0) is 25.5 Å². The maximum absolute atomic E-state index is 14.0. The van der Waals surface area contributed by atoms with Gasteiger partial charge in [-0.2, -0.15) is 5.26 Å². The van der Waals surface area contributed by atoms with Gasteiger partial charge in [-0.15, -0.1) is 0 Å². The Bertz CT molecular complexity index is 1070. The maximum atomic E-state index is 14.0. The predicted molar refractivity (Wildman–Crippen MR) is 108 cm³/mol.